The monoisotopic (exact) mass is 421 g/mol. The smallest absolute Gasteiger partial charge is 0.266 e. The molecule has 2 amide bonds. The van der Waals surface area contributed by atoms with Crippen molar-refractivity contribution in [2.75, 3.05) is 5.43 Å². The van der Waals surface area contributed by atoms with Gasteiger partial charge in [0.15, 0.2) is 0 Å². The summed E-state index contributed by atoms with van der Waals surface area (Å²) in [5.41, 5.74) is 0.561. The van der Waals surface area contributed by atoms with Crippen molar-refractivity contribution in [2.24, 2.45) is 4.99 Å². The van der Waals surface area contributed by atoms with E-state index in [9.17, 15) is 53.5 Å². The van der Waals surface area contributed by atoms with Gasteiger partial charge in [0.05, 0.1) is 5.69 Å². The van der Waals surface area contributed by atoms with Crippen LogP contribution in [-0.4, -0.2) is 40.7 Å². The van der Waals surface area contributed by atoms with Gasteiger partial charge in [0.2, 0.25) is 4.80 Å². The first-order valence-corrected chi connectivity index (χ1v) is 6.77. The van der Waals surface area contributed by atoms with Gasteiger partial charge in [-0.2, -0.15) is 48.9 Å². The van der Waals surface area contributed by atoms with Crippen LogP contribution in [0.1, 0.15) is 5.69 Å². The molecule has 1 N–H and O–H groups in total. The molecule has 26 heavy (non-hydrogen) atoms. The molecule has 0 aliphatic rings. The molecule has 1 aromatic rings. The van der Waals surface area contributed by atoms with Crippen molar-refractivity contribution in [1.82, 2.24) is 4.68 Å². The third-order valence-electron chi connectivity index (χ3n) is 2.56. The molecular formula is C10H5F10N3O2S. The summed E-state index contributed by atoms with van der Waals surface area (Å²) in [7, 11) is 0. The average Bonchev–Trinajstić information content (AvgIpc) is 2.77. The summed E-state index contributed by atoms with van der Waals surface area (Å²) in [6, 6.07) is 0. The van der Waals surface area contributed by atoms with Crippen LogP contribution in [0.3, 0.4) is 0 Å². The van der Waals surface area contributed by atoms with E-state index in [0.717, 1.165) is 17.7 Å². The predicted octanol–water partition coefficient (Wildman–Crippen LogP) is 2.75. The second-order valence-electron chi connectivity index (χ2n) is 4.50. The highest BCUT2D eigenvalue weighted by Gasteiger charge is 2.64. The molecule has 0 aliphatic heterocycles. The van der Waals surface area contributed by atoms with Crippen molar-refractivity contribution in [3.63, 3.8) is 0 Å². The molecule has 0 atom stereocenters. The van der Waals surface area contributed by atoms with Gasteiger partial charge in [-0.25, -0.2) is 4.68 Å². The summed E-state index contributed by atoms with van der Waals surface area (Å²) in [6.45, 7) is 0.952. The van der Waals surface area contributed by atoms with Gasteiger partial charge in [0.25, 0.3) is 0 Å². The second kappa shape index (κ2) is 6.55. The molecule has 0 aromatic carbocycles. The van der Waals surface area contributed by atoms with E-state index >= 15 is 0 Å². The van der Waals surface area contributed by atoms with Crippen LogP contribution in [0.5, 0.6) is 0 Å². The summed E-state index contributed by atoms with van der Waals surface area (Å²) in [6.07, 6.45) is -12.6. The van der Waals surface area contributed by atoms with Crippen molar-refractivity contribution in [2.45, 2.75) is 31.1 Å². The van der Waals surface area contributed by atoms with Crippen LogP contribution >= 0.6 is 11.3 Å². The van der Waals surface area contributed by atoms with Crippen molar-refractivity contribution < 1.29 is 53.5 Å². The maximum absolute atomic E-state index is 12.9. The number of carbonyl (C=O) groups is 2. The molecule has 16 heteroatoms. The normalized spacial score (nSPS) is 14.5. The standard InChI is InChI=1S/C10H5F10N3O2S/c1-3-2-26-6(21-4(24)7(11,12)9(15,16)17)23(3)22-5(25)8(13,14)10(18,19)20/h2H,1H3,(H,22,25). The molecule has 0 saturated heterocycles. The van der Waals surface area contributed by atoms with Crippen molar-refractivity contribution in [1.29, 1.82) is 0 Å². The fraction of sp³-hybridized carbons (Fsp3) is 0.500. The number of aromatic nitrogens is 1. The second-order valence-corrected chi connectivity index (χ2v) is 5.33. The average molecular weight is 421 g/mol. The van der Waals surface area contributed by atoms with Gasteiger partial charge >= 0.3 is 36.0 Å². The number of hydrogen-bond donors (Lipinski definition) is 1. The number of amides is 2. The van der Waals surface area contributed by atoms with Crippen molar-refractivity contribution >= 4 is 23.2 Å². The van der Waals surface area contributed by atoms with E-state index in [4.69, 9.17) is 0 Å². The minimum absolute atomic E-state index is 0.0585. The summed E-state index contributed by atoms with van der Waals surface area (Å²) < 4.78 is 124. The molecule has 0 fully saturated rings. The van der Waals surface area contributed by atoms with Crippen LogP contribution < -0.4 is 10.2 Å². The van der Waals surface area contributed by atoms with Crippen LogP contribution in [0.25, 0.3) is 0 Å². The molecule has 0 radical (unpaired) electrons. The Morgan fingerprint density at radius 3 is 1.85 bits per heavy atom. The zero-order valence-corrected chi connectivity index (χ0v) is 12.8. The molecule has 1 heterocycles. The molecule has 0 bridgehead atoms. The van der Waals surface area contributed by atoms with E-state index < -0.39 is 40.8 Å². The number of nitrogens with one attached hydrogen (secondary N) is 1. The molecular weight excluding hydrogens is 416 g/mol. The lowest BCUT2D eigenvalue weighted by molar-refractivity contribution is -0.268. The summed E-state index contributed by atoms with van der Waals surface area (Å²) >= 11 is 0.125. The minimum atomic E-state index is -6.32. The topological polar surface area (TPSA) is 63.5 Å². The number of carbonyl (C=O) groups excluding carboxylic acids is 2. The molecule has 0 spiro atoms. The first-order chi connectivity index (χ1) is 11.4. The van der Waals surface area contributed by atoms with Crippen LogP contribution in [0, 0.1) is 6.92 Å². The maximum atomic E-state index is 12.9. The Hall–Kier alpha value is -2.13. The summed E-state index contributed by atoms with van der Waals surface area (Å²) in [5.74, 6) is -17.9. The predicted molar refractivity (Wildman–Crippen MR) is 64.0 cm³/mol. The van der Waals surface area contributed by atoms with Crippen LogP contribution in [-0.2, 0) is 9.59 Å². The Bertz CT molecular complexity index is 773. The zero-order valence-electron chi connectivity index (χ0n) is 12.0. The lowest BCUT2D eigenvalue weighted by Gasteiger charge is -2.19. The number of aryl methyl sites for hydroxylation is 1. The van der Waals surface area contributed by atoms with E-state index in [1.165, 1.54) is 0 Å². The Morgan fingerprint density at radius 2 is 1.42 bits per heavy atom. The number of hydrogen-bond acceptors (Lipinski definition) is 3. The molecule has 148 valence electrons. The van der Waals surface area contributed by atoms with Gasteiger partial charge in [0.1, 0.15) is 0 Å². The number of rotatable bonds is 3. The minimum Gasteiger partial charge on any atom is -0.266 e. The quantitative estimate of drug-likeness (QED) is 0.764. The van der Waals surface area contributed by atoms with Crippen LogP contribution in [0.2, 0.25) is 0 Å². The Balaban J connectivity index is 3.30. The first-order valence-electron chi connectivity index (χ1n) is 5.89. The molecule has 0 unspecified atom stereocenters. The number of nitrogens with zero attached hydrogens (tertiary/aromatic N) is 2. The maximum Gasteiger partial charge on any atom is 0.463 e. The largest absolute Gasteiger partial charge is 0.463 e. The van der Waals surface area contributed by atoms with Gasteiger partial charge < -0.3 is 0 Å². The van der Waals surface area contributed by atoms with E-state index in [1.807, 2.05) is 0 Å². The number of alkyl halides is 10. The molecule has 1 rings (SSSR count). The third kappa shape index (κ3) is 3.99. The lowest BCUT2D eigenvalue weighted by Crippen LogP contribution is -2.51. The van der Waals surface area contributed by atoms with Gasteiger partial charge in [-0.15, -0.1) is 11.3 Å². The highest BCUT2D eigenvalue weighted by atomic mass is 32.1. The summed E-state index contributed by atoms with van der Waals surface area (Å²) in [5, 5.41) is 0.837. The number of halogens is 10. The van der Waals surface area contributed by atoms with E-state index in [2.05, 4.69) is 4.99 Å². The van der Waals surface area contributed by atoms with Gasteiger partial charge in [0, 0.05) is 5.38 Å². The highest BCUT2D eigenvalue weighted by Crippen LogP contribution is 2.37. The van der Waals surface area contributed by atoms with Crippen molar-refractivity contribution in [3.05, 3.63) is 15.9 Å². The fourth-order valence-corrected chi connectivity index (χ4v) is 2.00. The first kappa shape index (κ1) is 21.9. The van der Waals surface area contributed by atoms with Crippen LogP contribution in [0.15, 0.2) is 10.4 Å². The Morgan fingerprint density at radius 1 is 0.962 bits per heavy atom. The van der Waals surface area contributed by atoms with Crippen molar-refractivity contribution in [3.8, 4) is 0 Å². The zero-order chi connectivity index (χ0) is 20.7. The molecule has 5 nitrogen and oxygen atoms in total. The van der Waals surface area contributed by atoms with E-state index in [1.54, 1.807) is 0 Å². The lowest BCUT2D eigenvalue weighted by atomic mass is 10.3. The van der Waals surface area contributed by atoms with E-state index in [-0.39, 0.29) is 21.7 Å². The number of thiazole rings is 1. The summed E-state index contributed by atoms with van der Waals surface area (Å²) in [4.78, 5) is 23.2. The Kier molecular flexibility index (Phi) is 5.52. The van der Waals surface area contributed by atoms with Gasteiger partial charge in [-0.05, 0) is 6.92 Å². The molecule has 0 aliphatic carbocycles. The highest BCUT2D eigenvalue weighted by molar-refractivity contribution is 7.07. The fourth-order valence-electron chi connectivity index (χ4n) is 1.19. The van der Waals surface area contributed by atoms with Gasteiger partial charge in [-0.3, -0.25) is 15.0 Å². The molecule has 1 aromatic heterocycles. The van der Waals surface area contributed by atoms with E-state index in [0.29, 0.717) is 0 Å². The third-order valence-corrected chi connectivity index (χ3v) is 3.50. The van der Waals surface area contributed by atoms with Gasteiger partial charge in [-0.1, -0.05) is 0 Å². The Labute approximate surface area is 139 Å². The molecule has 0 saturated carbocycles. The SMILES string of the molecule is Cc1csc(=NC(=O)C(F)(F)C(F)(F)F)n1NC(=O)C(F)(F)C(F)(F)F. The van der Waals surface area contributed by atoms with Crippen LogP contribution in [0.4, 0.5) is 43.9 Å².